The Morgan fingerprint density at radius 3 is 2.74 bits per heavy atom. The summed E-state index contributed by atoms with van der Waals surface area (Å²) in [4.78, 5) is 33.6. The number of nitro benzene ring substituents is 1. The van der Waals surface area contributed by atoms with Gasteiger partial charge in [-0.25, -0.2) is 5.43 Å². The average Bonchev–Trinajstić information content (AvgIpc) is 2.67. The van der Waals surface area contributed by atoms with Gasteiger partial charge in [0.2, 0.25) is 0 Å². The maximum Gasteiger partial charge on any atom is 0.262 e. The van der Waals surface area contributed by atoms with Gasteiger partial charge in [0.25, 0.3) is 17.5 Å². The van der Waals surface area contributed by atoms with E-state index < -0.39 is 28.2 Å². The SMILES string of the molecule is COc1cccc(C(=O)NCC(=O)N/N=C\c2ccc([O-])c([N+](=O)[O-])c2)c1. The fraction of sp³-hybridized carbons (Fsp3) is 0.118. The number of amides is 2. The Morgan fingerprint density at radius 1 is 1.26 bits per heavy atom. The molecule has 2 N–H and O–H groups in total. The fourth-order valence-corrected chi connectivity index (χ4v) is 2.00. The van der Waals surface area contributed by atoms with Gasteiger partial charge in [-0.1, -0.05) is 18.2 Å². The summed E-state index contributed by atoms with van der Waals surface area (Å²) in [6, 6.07) is 9.83. The fourth-order valence-electron chi connectivity index (χ4n) is 2.00. The molecule has 0 aliphatic rings. The highest BCUT2D eigenvalue weighted by Gasteiger charge is 2.09. The number of carbonyl (C=O) groups excluding carboxylic acids is 2. The first kappa shape index (κ1) is 19.4. The Labute approximate surface area is 153 Å². The number of methoxy groups -OCH3 is 1. The van der Waals surface area contributed by atoms with Crippen molar-refractivity contribution in [3.8, 4) is 11.5 Å². The van der Waals surface area contributed by atoms with Crippen LogP contribution in [0.1, 0.15) is 15.9 Å². The number of nitro groups is 1. The topological polar surface area (TPSA) is 146 Å². The summed E-state index contributed by atoms with van der Waals surface area (Å²) >= 11 is 0. The molecule has 0 unspecified atom stereocenters. The van der Waals surface area contributed by atoms with E-state index >= 15 is 0 Å². The van der Waals surface area contributed by atoms with Crippen LogP contribution in [0.3, 0.4) is 0 Å². The van der Waals surface area contributed by atoms with Crippen LogP contribution in [0.25, 0.3) is 0 Å². The maximum atomic E-state index is 12.0. The highest BCUT2D eigenvalue weighted by molar-refractivity contribution is 5.96. The molecular formula is C17H15N4O6-. The molecule has 0 spiro atoms. The molecule has 0 saturated carbocycles. The molecule has 2 aromatic rings. The number of carbonyl (C=O) groups is 2. The normalized spacial score (nSPS) is 10.4. The molecular weight excluding hydrogens is 356 g/mol. The van der Waals surface area contributed by atoms with E-state index in [-0.39, 0.29) is 12.1 Å². The second-order valence-corrected chi connectivity index (χ2v) is 5.19. The van der Waals surface area contributed by atoms with Crippen LogP contribution in [0.5, 0.6) is 11.5 Å². The highest BCUT2D eigenvalue weighted by atomic mass is 16.6. The quantitative estimate of drug-likeness (QED) is 0.413. The highest BCUT2D eigenvalue weighted by Crippen LogP contribution is 2.22. The molecule has 2 aromatic carbocycles. The van der Waals surface area contributed by atoms with Crippen molar-refractivity contribution in [1.82, 2.24) is 10.7 Å². The number of nitrogens with zero attached hydrogens (tertiary/aromatic N) is 2. The standard InChI is InChI=1S/C17H16N4O6/c1-27-13-4-2-3-12(8-13)17(24)18-10-16(23)20-19-9-11-5-6-15(22)14(7-11)21(25)26/h2-9,22H,10H2,1H3,(H,18,24)(H,20,23)/p-1/b19-9-. The molecule has 10 heteroatoms. The van der Waals surface area contributed by atoms with Crippen LogP contribution < -0.4 is 20.6 Å². The molecule has 0 radical (unpaired) electrons. The lowest BCUT2D eigenvalue weighted by Gasteiger charge is -2.06. The monoisotopic (exact) mass is 371 g/mol. The van der Waals surface area contributed by atoms with Crippen LogP contribution in [0.2, 0.25) is 0 Å². The molecule has 0 aliphatic heterocycles. The van der Waals surface area contributed by atoms with Crippen LogP contribution in [-0.2, 0) is 4.79 Å². The van der Waals surface area contributed by atoms with Gasteiger partial charge < -0.3 is 15.2 Å². The summed E-state index contributed by atoms with van der Waals surface area (Å²) in [7, 11) is 1.47. The molecule has 0 aromatic heterocycles. The maximum absolute atomic E-state index is 12.0. The van der Waals surface area contributed by atoms with Crippen molar-refractivity contribution in [3.63, 3.8) is 0 Å². The van der Waals surface area contributed by atoms with Crippen LogP contribution in [0.4, 0.5) is 5.69 Å². The molecule has 0 saturated heterocycles. The zero-order valence-corrected chi connectivity index (χ0v) is 14.2. The minimum Gasteiger partial charge on any atom is -0.868 e. The molecule has 0 bridgehead atoms. The molecule has 2 rings (SSSR count). The first-order valence-corrected chi connectivity index (χ1v) is 7.60. The Balaban J connectivity index is 1.87. The van der Waals surface area contributed by atoms with Gasteiger partial charge in [0, 0.05) is 17.2 Å². The smallest absolute Gasteiger partial charge is 0.262 e. The van der Waals surface area contributed by atoms with E-state index in [1.54, 1.807) is 18.2 Å². The number of rotatable bonds is 7. The van der Waals surface area contributed by atoms with Crippen molar-refractivity contribution in [2.45, 2.75) is 0 Å². The van der Waals surface area contributed by atoms with Gasteiger partial charge in [-0.05, 0) is 23.9 Å². The molecule has 0 atom stereocenters. The van der Waals surface area contributed by atoms with Gasteiger partial charge >= 0.3 is 0 Å². The van der Waals surface area contributed by atoms with Crippen molar-refractivity contribution < 1.29 is 24.4 Å². The Morgan fingerprint density at radius 2 is 2.04 bits per heavy atom. The van der Waals surface area contributed by atoms with Gasteiger partial charge in [0.05, 0.1) is 24.8 Å². The molecule has 0 fully saturated rings. The van der Waals surface area contributed by atoms with Gasteiger partial charge in [0.1, 0.15) is 5.75 Å². The van der Waals surface area contributed by atoms with E-state index in [2.05, 4.69) is 15.8 Å². The largest absolute Gasteiger partial charge is 0.868 e. The Hall–Kier alpha value is -3.95. The van der Waals surface area contributed by atoms with Gasteiger partial charge in [-0.2, -0.15) is 5.10 Å². The third-order valence-corrected chi connectivity index (χ3v) is 3.32. The zero-order chi connectivity index (χ0) is 19.8. The predicted octanol–water partition coefficient (Wildman–Crippen LogP) is 0.557. The average molecular weight is 371 g/mol. The number of hydrazone groups is 1. The van der Waals surface area contributed by atoms with Crippen LogP contribution in [-0.4, -0.2) is 36.6 Å². The number of nitrogens with one attached hydrogen (secondary N) is 2. The van der Waals surface area contributed by atoms with Gasteiger partial charge in [-0.15, -0.1) is 0 Å². The molecule has 140 valence electrons. The lowest BCUT2D eigenvalue weighted by Crippen LogP contribution is -2.34. The second kappa shape index (κ2) is 8.94. The van der Waals surface area contributed by atoms with E-state index in [1.807, 2.05) is 0 Å². The van der Waals surface area contributed by atoms with Crippen molar-refractivity contribution in [3.05, 3.63) is 63.7 Å². The van der Waals surface area contributed by atoms with E-state index in [0.717, 1.165) is 18.3 Å². The number of hydrogen-bond donors (Lipinski definition) is 2. The van der Waals surface area contributed by atoms with E-state index in [4.69, 9.17) is 4.74 Å². The predicted molar refractivity (Wildman–Crippen MR) is 93.6 cm³/mol. The molecule has 2 amide bonds. The minimum atomic E-state index is -0.799. The van der Waals surface area contributed by atoms with Crippen molar-refractivity contribution >= 4 is 23.7 Å². The number of ether oxygens (including phenoxy) is 1. The van der Waals surface area contributed by atoms with Crippen molar-refractivity contribution in [2.75, 3.05) is 13.7 Å². The lowest BCUT2D eigenvalue weighted by molar-refractivity contribution is -0.398. The molecule has 0 heterocycles. The minimum absolute atomic E-state index is 0.266. The van der Waals surface area contributed by atoms with E-state index in [0.29, 0.717) is 11.3 Å². The van der Waals surface area contributed by atoms with Crippen LogP contribution in [0, 0.1) is 10.1 Å². The molecule has 27 heavy (non-hydrogen) atoms. The number of benzene rings is 2. The van der Waals surface area contributed by atoms with Crippen LogP contribution >= 0.6 is 0 Å². The Bertz CT molecular complexity index is 897. The summed E-state index contributed by atoms with van der Waals surface area (Å²) in [5, 5.41) is 28.1. The summed E-state index contributed by atoms with van der Waals surface area (Å²) in [5.41, 5.74) is 2.17. The van der Waals surface area contributed by atoms with E-state index in [9.17, 15) is 24.8 Å². The lowest BCUT2D eigenvalue weighted by atomic mass is 10.2. The summed E-state index contributed by atoms with van der Waals surface area (Å²) < 4.78 is 5.02. The Kier molecular flexibility index (Phi) is 6.42. The van der Waals surface area contributed by atoms with Crippen molar-refractivity contribution in [1.29, 1.82) is 0 Å². The number of hydrogen-bond acceptors (Lipinski definition) is 7. The first-order chi connectivity index (χ1) is 12.9. The zero-order valence-electron chi connectivity index (χ0n) is 14.2. The van der Waals surface area contributed by atoms with Crippen LogP contribution in [0.15, 0.2) is 47.6 Å². The summed E-state index contributed by atoms with van der Waals surface area (Å²) in [6.45, 7) is -0.326. The van der Waals surface area contributed by atoms with Gasteiger partial charge in [-0.3, -0.25) is 19.7 Å². The second-order valence-electron chi connectivity index (χ2n) is 5.19. The first-order valence-electron chi connectivity index (χ1n) is 7.60. The summed E-state index contributed by atoms with van der Waals surface area (Å²) in [6.07, 6.45) is 1.15. The third kappa shape index (κ3) is 5.53. The van der Waals surface area contributed by atoms with Gasteiger partial charge in [0.15, 0.2) is 0 Å². The van der Waals surface area contributed by atoms with Crippen molar-refractivity contribution in [2.24, 2.45) is 5.10 Å². The van der Waals surface area contributed by atoms with E-state index in [1.165, 1.54) is 19.2 Å². The summed E-state index contributed by atoms with van der Waals surface area (Å²) in [5.74, 6) is -1.27. The molecule has 10 nitrogen and oxygen atoms in total. The third-order valence-electron chi connectivity index (χ3n) is 3.32. The molecule has 0 aliphatic carbocycles.